The van der Waals surface area contributed by atoms with Gasteiger partial charge in [-0.2, -0.15) is 0 Å². The van der Waals surface area contributed by atoms with E-state index < -0.39 is 0 Å². The van der Waals surface area contributed by atoms with Gasteiger partial charge in [0.05, 0.1) is 25.5 Å². The summed E-state index contributed by atoms with van der Waals surface area (Å²) in [5.74, 6) is 3.30. The molecule has 0 aliphatic carbocycles. The Hall–Kier alpha value is -2.70. The zero-order valence-corrected chi connectivity index (χ0v) is 17.0. The van der Waals surface area contributed by atoms with E-state index >= 15 is 0 Å². The molecule has 7 heteroatoms. The van der Waals surface area contributed by atoms with Crippen LogP contribution in [0.25, 0.3) is 0 Å². The Balaban J connectivity index is 1.68. The topological polar surface area (TPSA) is 80.9 Å². The molecule has 0 saturated carbocycles. The fourth-order valence-corrected chi connectivity index (χ4v) is 3.13. The van der Waals surface area contributed by atoms with Gasteiger partial charge in [0.2, 0.25) is 0 Å². The second-order valence-corrected chi connectivity index (χ2v) is 6.62. The first-order valence-electron chi connectivity index (χ1n) is 10.1. The number of fused-ring (bicyclic) bond motifs is 1. The second-order valence-electron chi connectivity index (χ2n) is 6.62. The maximum Gasteiger partial charge on any atom is 0.191 e. The van der Waals surface area contributed by atoms with Gasteiger partial charge in [-0.3, -0.25) is 0 Å². The lowest BCUT2D eigenvalue weighted by atomic mass is 10.1. The normalized spacial score (nSPS) is 13.9. The molecule has 1 aromatic heterocycles. The molecule has 0 amide bonds. The van der Waals surface area contributed by atoms with Gasteiger partial charge in [-0.15, -0.1) is 0 Å². The number of aliphatic imine (C=N–C) groups is 1. The number of ether oxygens (including phenoxy) is 2. The van der Waals surface area contributed by atoms with Crippen molar-refractivity contribution >= 4 is 5.96 Å². The van der Waals surface area contributed by atoms with E-state index in [1.807, 2.05) is 18.2 Å². The van der Waals surface area contributed by atoms with Crippen molar-refractivity contribution in [2.75, 3.05) is 19.8 Å². The molecule has 1 aromatic carbocycles. The highest BCUT2D eigenvalue weighted by atomic mass is 16.5. The van der Waals surface area contributed by atoms with Crippen LogP contribution in [0, 0.1) is 0 Å². The van der Waals surface area contributed by atoms with Crippen molar-refractivity contribution in [2.24, 2.45) is 4.99 Å². The minimum absolute atomic E-state index is 0.552. The Morgan fingerprint density at radius 3 is 2.64 bits per heavy atom. The van der Waals surface area contributed by atoms with Crippen LogP contribution in [-0.2, 0) is 25.9 Å². The quantitative estimate of drug-likeness (QED) is 0.562. The van der Waals surface area contributed by atoms with Crippen LogP contribution in [0.3, 0.4) is 0 Å². The van der Waals surface area contributed by atoms with Crippen molar-refractivity contribution in [2.45, 2.75) is 53.1 Å². The number of aromatic nitrogens is 1. The molecule has 2 heterocycles. The summed E-state index contributed by atoms with van der Waals surface area (Å²) in [5, 5.41) is 10.9. The van der Waals surface area contributed by atoms with Crippen molar-refractivity contribution in [3.05, 3.63) is 40.8 Å². The molecule has 0 bridgehead atoms. The monoisotopic (exact) mass is 386 g/mol. The SMILES string of the molecule is CCNC(=NCc1ccc2c(c1)OCCCO2)NCc1c(CC)noc1CC. The fourth-order valence-electron chi connectivity index (χ4n) is 3.13. The van der Waals surface area contributed by atoms with Gasteiger partial charge in [0.25, 0.3) is 0 Å². The standard InChI is InChI=1S/C21H30N4O3/c1-4-17-16(18(5-2)28-25-17)14-24-21(22-6-3)23-13-15-8-9-19-20(12-15)27-11-7-10-26-19/h8-9,12H,4-7,10-11,13-14H2,1-3H3,(H2,22,23,24). The van der Waals surface area contributed by atoms with E-state index in [0.717, 1.165) is 65.8 Å². The van der Waals surface area contributed by atoms with Crippen LogP contribution in [0.1, 0.15) is 49.8 Å². The molecular weight excluding hydrogens is 356 g/mol. The minimum Gasteiger partial charge on any atom is -0.490 e. The van der Waals surface area contributed by atoms with Crippen molar-refractivity contribution in [3.8, 4) is 11.5 Å². The number of hydrogen-bond donors (Lipinski definition) is 2. The van der Waals surface area contributed by atoms with Crippen LogP contribution in [0.2, 0.25) is 0 Å². The second kappa shape index (κ2) is 10.0. The van der Waals surface area contributed by atoms with E-state index in [4.69, 9.17) is 19.0 Å². The summed E-state index contributed by atoms with van der Waals surface area (Å²) in [6.45, 7) is 9.58. The van der Waals surface area contributed by atoms with Crippen molar-refractivity contribution < 1.29 is 14.0 Å². The molecule has 0 saturated heterocycles. The lowest BCUT2D eigenvalue weighted by molar-refractivity contribution is 0.297. The van der Waals surface area contributed by atoms with Gasteiger partial charge in [-0.05, 0) is 31.0 Å². The molecule has 0 spiro atoms. The van der Waals surface area contributed by atoms with E-state index in [2.05, 4.69) is 36.6 Å². The summed E-state index contributed by atoms with van der Waals surface area (Å²) in [5.41, 5.74) is 3.21. The summed E-state index contributed by atoms with van der Waals surface area (Å²) in [4.78, 5) is 4.71. The van der Waals surface area contributed by atoms with E-state index in [1.165, 1.54) is 0 Å². The zero-order chi connectivity index (χ0) is 19.8. The number of benzene rings is 1. The third-order valence-electron chi connectivity index (χ3n) is 4.62. The number of aryl methyl sites for hydroxylation is 2. The highest BCUT2D eigenvalue weighted by Crippen LogP contribution is 2.30. The van der Waals surface area contributed by atoms with Gasteiger partial charge in [0.15, 0.2) is 17.5 Å². The Labute approximate surface area is 166 Å². The van der Waals surface area contributed by atoms with Gasteiger partial charge < -0.3 is 24.6 Å². The molecular formula is C21H30N4O3. The maximum absolute atomic E-state index is 5.77. The first kappa shape index (κ1) is 20.0. The molecule has 0 fully saturated rings. The number of nitrogens with one attached hydrogen (secondary N) is 2. The van der Waals surface area contributed by atoms with Gasteiger partial charge in [-0.25, -0.2) is 4.99 Å². The lowest BCUT2D eigenvalue weighted by Crippen LogP contribution is -2.37. The molecule has 1 aliphatic heterocycles. The Bertz CT molecular complexity index is 779. The van der Waals surface area contributed by atoms with Crippen molar-refractivity contribution in [3.63, 3.8) is 0 Å². The predicted octanol–water partition coefficient (Wildman–Crippen LogP) is 3.22. The summed E-state index contributed by atoms with van der Waals surface area (Å²) < 4.78 is 16.9. The third-order valence-corrected chi connectivity index (χ3v) is 4.62. The predicted molar refractivity (Wildman–Crippen MR) is 109 cm³/mol. The van der Waals surface area contributed by atoms with E-state index in [0.29, 0.717) is 26.3 Å². The lowest BCUT2D eigenvalue weighted by Gasteiger charge is -2.12. The molecule has 0 unspecified atom stereocenters. The van der Waals surface area contributed by atoms with E-state index in [9.17, 15) is 0 Å². The molecule has 7 nitrogen and oxygen atoms in total. The summed E-state index contributed by atoms with van der Waals surface area (Å²) in [6.07, 6.45) is 2.58. The number of hydrogen-bond acceptors (Lipinski definition) is 5. The number of rotatable bonds is 7. The van der Waals surface area contributed by atoms with Gasteiger partial charge in [0.1, 0.15) is 5.76 Å². The molecule has 3 rings (SSSR count). The Kier molecular flexibility index (Phi) is 7.17. The average Bonchev–Trinajstić information content (AvgIpc) is 2.97. The van der Waals surface area contributed by atoms with E-state index in [-0.39, 0.29) is 0 Å². The molecule has 2 aromatic rings. The summed E-state index contributed by atoms with van der Waals surface area (Å²) in [6, 6.07) is 6.01. The van der Waals surface area contributed by atoms with Crippen LogP contribution < -0.4 is 20.1 Å². The number of guanidine groups is 1. The van der Waals surface area contributed by atoms with Crippen LogP contribution in [0.5, 0.6) is 11.5 Å². The third kappa shape index (κ3) is 4.97. The molecule has 1 aliphatic rings. The first-order valence-corrected chi connectivity index (χ1v) is 10.1. The van der Waals surface area contributed by atoms with Crippen molar-refractivity contribution in [1.82, 2.24) is 15.8 Å². The van der Waals surface area contributed by atoms with Crippen LogP contribution in [0.4, 0.5) is 0 Å². The zero-order valence-electron chi connectivity index (χ0n) is 17.0. The molecule has 152 valence electrons. The molecule has 2 N–H and O–H groups in total. The smallest absolute Gasteiger partial charge is 0.191 e. The first-order chi connectivity index (χ1) is 13.7. The van der Waals surface area contributed by atoms with Crippen molar-refractivity contribution in [1.29, 1.82) is 0 Å². The molecule has 28 heavy (non-hydrogen) atoms. The van der Waals surface area contributed by atoms with Gasteiger partial charge >= 0.3 is 0 Å². The highest BCUT2D eigenvalue weighted by molar-refractivity contribution is 5.79. The van der Waals surface area contributed by atoms with Gasteiger partial charge in [-0.1, -0.05) is 25.1 Å². The highest BCUT2D eigenvalue weighted by Gasteiger charge is 2.14. The van der Waals surface area contributed by atoms with Crippen LogP contribution in [0.15, 0.2) is 27.7 Å². The molecule has 0 atom stereocenters. The average molecular weight is 386 g/mol. The summed E-state index contributed by atoms with van der Waals surface area (Å²) in [7, 11) is 0. The number of nitrogens with zero attached hydrogens (tertiary/aromatic N) is 2. The van der Waals surface area contributed by atoms with Gasteiger partial charge in [0, 0.05) is 31.5 Å². The van der Waals surface area contributed by atoms with E-state index in [1.54, 1.807) is 0 Å². The Morgan fingerprint density at radius 1 is 1.07 bits per heavy atom. The fraction of sp³-hybridized carbons (Fsp3) is 0.524. The minimum atomic E-state index is 0.552. The van der Waals surface area contributed by atoms with Crippen LogP contribution >= 0.6 is 0 Å². The summed E-state index contributed by atoms with van der Waals surface area (Å²) >= 11 is 0. The largest absolute Gasteiger partial charge is 0.490 e. The molecule has 0 radical (unpaired) electrons. The Morgan fingerprint density at radius 2 is 1.89 bits per heavy atom. The van der Waals surface area contributed by atoms with Crippen LogP contribution in [-0.4, -0.2) is 30.9 Å². The maximum atomic E-state index is 5.77.